The molecule has 0 aromatic carbocycles. The molecule has 0 bridgehead atoms. The van der Waals surface area contributed by atoms with Gasteiger partial charge in [0.05, 0.1) is 6.54 Å². The van der Waals surface area contributed by atoms with Gasteiger partial charge >= 0.3 is 0 Å². The van der Waals surface area contributed by atoms with E-state index in [0.717, 1.165) is 32.4 Å². The van der Waals surface area contributed by atoms with E-state index in [1.165, 1.54) is 4.90 Å². The highest BCUT2D eigenvalue weighted by molar-refractivity contribution is 5.87. The van der Waals surface area contributed by atoms with Gasteiger partial charge in [-0.05, 0) is 37.8 Å². The van der Waals surface area contributed by atoms with Gasteiger partial charge < -0.3 is 15.1 Å². The van der Waals surface area contributed by atoms with Crippen molar-refractivity contribution in [2.75, 3.05) is 40.8 Å². The first-order chi connectivity index (χ1) is 8.46. The zero-order valence-corrected chi connectivity index (χ0v) is 11.5. The van der Waals surface area contributed by atoms with Crippen LogP contribution in [0, 0.1) is 11.3 Å². The molecular formula is C13H23N3O2. The lowest BCUT2D eigenvalue weighted by Crippen LogP contribution is -2.40. The van der Waals surface area contributed by atoms with Gasteiger partial charge in [0.25, 0.3) is 0 Å². The Kier molecular flexibility index (Phi) is 3.61. The number of hydrogen-bond acceptors (Lipinski definition) is 3. The van der Waals surface area contributed by atoms with E-state index in [-0.39, 0.29) is 29.7 Å². The quantitative estimate of drug-likeness (QED) is 0.765. The molecule has 0 aromatic rings. The zero-order valence-electron chi connectivity index (χ0n) is 11.5. The number of hydrogen-bond donors (Lipinski definition) is 1. The summed E-state index contributed by atoms with van der Waals surface area (Å²) in [6, 6.07) is 0. The third-order valence-electron chi connectivity index (χ3n) is 4.33. The fourth-order valence-electron chi connectivity index (χ4n) is 2.86. The molecule has 1 aliphatic heterocycles. The second kappa shape index (κ2) is 4.88. The lowest BCUT2D eigenvalue weighted by molar-refractivity contribution is -0.139. The van der Waals surface area contributed by atoms with Crippen molar-refractivity contribution < 1.29 is 9.59 Å². The Morgan fingerprint density at radius 2 is 1.83 bits per heavy atom. The molecule has 5 nitrogen and oxygen atoms in total. The van der Waals surface area contributed by atoms with Crippen molar-refractivity contribution in [2.24, 2.45) is 11.3 Å². The van der Waals surface area contributed by atoms with Gasteiger partial charge in [-0.15, -0.1) is 0 Å². The number of piperidine rings is 1. The predicted octanol–water partition coefficient (Wildman–Crippen LogP) is -0.0773. The average Bonchev–Trinajstić information content (AvgIpc) is 3.02. The van der Waals surface area contributed by atoms with Crippen molar-refractivity contribution in [1.29, 1.82) is 0 Å². The van der Waals surface area contributed by atoms with Crippen LogP contribution in [0.15, 0.2) is 0 Å². The molecule has 1 heterocycles. The van der Waals surface area contributed by atoms with Gasteiger partial charge in [-0.2, -0.15) is 0 Å². The molecule has 1 unspecified atom stereocenters. The summed E-state index contributed by atoms with van der Waals surface area (Å²) in [6.07, 6.45) is 3.20. The fourth-order valence-corrected chi connectivity index (χ4v) is 2.86. The van der Waals surface area contributed by atoms with Crippen LogP contribution in [0.4, 0.5) is 0 Å². The smallest absolute Gasteiger partial charge is 0.241 e. The monoisotopic (exact) mass is 253 g/mol. The van der Waals surface area contributed by atoms with Crippen LogP contribution >= 0.6 is 0 Å². The normalized spacial score (nSPS) is 24.7. The minimum atomic E-state index is -0.0224. The number of rotatable bonds is 3. The Hall–Kier alpha value is -1.10. The van der Waals surface area contributed by atoms with Gasteiger partial charge in [-0.3, -0.25) is 9.59 Å². The second-order valence-electron chi connectivity index (χ2n) is 5.85. The van der Waals surface area contributed by atoms with E-state index in [2.05, 4.69) is 5.32 Å². The van der Waals surface area contributed by atoms with Gasteiger partial charge in [0.1, 0.15) is 0 Å². The molecule has 102 valence electrons. The molecule has 0 radical (unpaired) electrons. The Bertz CT molecular complexity index is 348. The first-order valence-corrected chi connectivity index (χ1v) is 6.62. The molecule has 2 fully saturated rings. The van der Waals surface area contributed by atoms with Gasteiger partial charge in [-0.25, -0.2) is 0 Å². The number of carbonyl (C=O) groups is 2. The van der Waals surface area contributed by atoms with Crippen molar-refractivity contribution in [3.05, 3.63) is 0 Å². The Labute approximate surface area is 108 Å². The van der Waals surface area contributed by atoms with Gasteiger partial charge in [0.15, 0.2) is 0 Å². The van der Waals surface area contributed by atoms with Gasteiger partial charge in [0, 0.05) is 27.1 Å². The zero-order chi connectivity index (χ0) is 13.3. The number of nitrogens with one attached hydrogen (secondary N) is 1. The standard InChI is InChI=1S/C13H23N3O2/c1-15(2)11(17)9-16(3)12(18)10-8-13(10)4-6-14-7-5-13/h10,14H,4-9H2,1-3H3. The highest BCUT2D eigenvalue weighted by Gasteiger charge is 2.58. The molecular weight excluding hydrogens is 230 g/mol. The molecule has 18 heavy (non-hydrogen) atoms. The van der Waals surface area contributed by atoms with Crippen LogP contribution in [0.5, 0.6) is 0 Å². The highest BCUT2D eigenvalue weighted by atomic mass is 16.2. The van der Waals surface area contributed by atoms with Crippen molar-refractivity contribution in [2.45, 2.75) is 19.3 Å². The summed E-state index contributed by atoms with van der Waals surface area (Å²) in [5.41, 5.74) is 0.248. The molecule has 2 rings (SSSR count). The predicted molar refractivity (Wildman–Crippen MR) is 69.0 cm³/mol. The molecule has 1 spiro atoms. The molecule has 1 saturated heterocycles. The number of likely N-dealkylation sites (N-methyl/N-ethyl adjacent to an activating group) is 2. The molecule has 1 aliphatic carbocycles. The largest absolute Gasteiger partial charge is 0.347 e. The van der Waals surface area contributed by atoms with Crippen molar-refractivity contribution in [1.82, 2.24) is 15.1 Å². The fraction of sp³-hybridized carbons (Fsp3) is 0.846. The third-order valence-corrected chi connectivity index (χ3v) is 4.33. The first-order valence-electron chi connectivity index (χ1n) is 6.62. The van der Waals surface area contributed by atoms with Crippen LogP contribution in [0.25, 0.3) is 0 Å². The average molecular weight is 253 g/mol. The Morgan fingerprint density at radius 1 is 1.22 bits per heavy atom. The lowest BCUT2D eigenvalue weighted by Gasteiger charge is -2.25. The molecule has 0 aromatic heterocycles. The maximum atomic E-state index is 12.3. The van der Waals surface area contributed by atoms with E-state index in [0.29, 0.717) is 0 Å². The SMILES string of the molecule is CN(C)C(=O)CN(C)C(=O)C1CC12CCNCC2. The van der Waals surface area contributed by atoms with Crippen molar-refractivity contribution in [3.63, 3.8) is 0 Å². The van der Waals surface area contributed by atoms with Crippen LogP contribution in [0.2, 0.25) is 0 Å². The van der Waals surface area contributed by atoms with E-state index in [9.17, 15) is 9.59 Å². The lowest BCUT2D eigenvalue weighted by atomic mass is 9.91. The van der Waals surface area contributed by atoms with Gasteiger partial charge in [-0.1, -0.05) is 0 Å². The Morgan fingerprint density at radius 3 is 2.39 bits per heavy atom. The van der Waals surface area contributed by atoms with E-state index < -0.39 is 0 Å². The number of nitrogens with zero attached hydrogens (tertiary/aromatic N) is 2. The molecule has 5 heteroatoms. The summed E-state index contributed by atoms with van der Waals surface area (Å²) in [5.74, 6) is 0.275. The number of carbonyl (C=O) groups excluding carboxylic acids is 2. The minimum Gasteiger partial charge on any atom is -0.347 e. The highest BCUT2D eigenvalue weighted by Crippen LogP contribution is 2.59. The summed E-state index contributed by atoms with van der Waals surface area (Å²) in [4.78, 5) is 27.0. The van der Waals surface area contributed by atoms with Crippen LogP contribution in [0.1, 0.15) is 19.3 Å². The summed E-state index contributed by atoms with van der Waals surface area (Å²) in [5, 5.41) is 3.33. The molecule has 1 saturated carbocycles. The maximum absolute atomic E-state index is 12.3. The van der Waals surface area contributed by atoms with Gasteiger partial charge in [0.2, 0.25) is 11.8 Å². The summed E-state index contributed by atoms with van der Waals surface area (Å²) in [6.45, 7) is 2.23. The molecule has 2 aliphatic rings. The topological polar surface area (TPSA) is 52.7 Å². The van der Waals surface area contributed by atoms with E-state index >= 15 is 0 Å². The van der Waals surface area contributed by atoms with Crippen LogP contribution in [-0.2, 0) is 9.59 Å². The van der Waals surface area contributed by atoms with Crippen LogP contribution in [0.3, 0.4) is 0 Å². The van der Waals surface area contributed by atoms with Crippen LogP contribution < -0.4 is 5.32 Å². The molecule has 2 amide bonds. The van der Waals surface area contributed by atoms with Crippen LogP contribution in [-0.4, -0.2) is 62.4 Å². The summed E-state index contributed by atoms with van der Waals surface area (Å²) in [7, 11) is 5.16. The van der Waals surface area contributed by atoms with E-state index in [1.807, 2.05) is 0 Å². The minimum absolute atomic E-state index is 0.0224. The summed E-state index contributed by atoms with van der Waals surface area (Å²) < 4.78 is 0. The molecule has 1 atom stereocenters. The van der Waals surface area contributed by atoms with Crippen molar-refractivity contribution in [3.8, 4) is 0 Å². The summed E-state index contributed by atoms with van der Waals surface area (Å²) >= 11 is 0. The Balaban J connectivity index is 1.87. The first kappa shape index (κ1) is 13.3. The third kappa shape index (κ3) is 2.51. The van der Waals surface area contributed by atoms with Crippen molar-refractivity contribution >= 4 is 11.8 Å². The second-order valence-corrected chi connectivity index (χ2v) is 5.85. The van der Waals surface area contributed by atoms with E-state index in [4.69, 9.17) is 0 Å². The van der Waals surface area contributed by atoms with E-state index in [1.54, 1.807) is 26.0 Å². The molecule has 1 N–H and O–H groups in total. The number of amides is 2. The maximum Gasteiger partial charge on any atom is 0.241 e.